The highest BCUT2D eigenvalue weighted by Gasteiger charge is 2.34. The van der Waals surface area contributed by atoms with Gasteiger partial charge in [0.1, 0.15) is 11.9 Å². The van der Waals surface area contributed by atoms with Gasteiger partial charge in [0, 0.05) is 18.2 Å². The Bertz CT molecular complexity index is 923. The van der Waals surface area contributed by atoms with E-state index in [4.69, 9.17) is 4.42 Å². The number of nitrogens with one attached hydrogen (secondary N) is 2. The molecule has 0 radical (unpaired) electrons. The molecular weight excluding hydrogens is 401 g/mol. The average Bonchev–Trinajstić information content (AvgIpc) is 3.47. The molecule has 2 N–H and O–H groups in total. The summed E-state index contributed by atoms with van der Waals surface area (Å²) in [6.45, 7) is 3.28. The van der Waals surface area contributed by atoms with Crippen LogP contribution in [0.5, 0.6) is 0 Å². The standard InChI is InChI=1S/C23H26FN3O4/c1-2-13-27(20(28)15-25-22(29)19-12-7-14-31-19)21(17-10-5-6-11-18(17)24)23(30)26-16-8-3-4-9-16/h2,5-7,10-12,14,16,21H,1,3-4,8-9,13,15H2,(H,25,29)(H,26,30)/t21-/m0/s1. The van der Waals surface area contributed by atoms with Crippen LogP contribution in [0.4, 0.5) is 4.39 Å². The minimum Gasteiger partial charge on any atom is -0.459 e. The van der Waals surface area contributed by atoms with Gasteiger partial charge in [0.25, 0.3) is 5.91 Å². The molecule has 0 spiro atoms. The minimum absolute atomic E-state index is 0.00103. The van der Waals surface area contributed by atoms with Crippen LogP contribution in [0.3, 0.4) is 0 Å². The first-order valence-electron chi connectivity index (χ1n) is 10.3. The van der Waals surface area contributed by atoms with Gasteiger partial charge in [-0.3, -0.25) is 14.4 Å². The van der Waals surface area contributed by atoms with E-state index in [1.165, 1.54) is 41.5 Å². The monoisotopic (exact) mass is 427 g/mol. The third-order valence-electron chi connectivity index (χ3n) is 5.25. The van der Waals surface area contributed by atoms with Gasteiger partial charge in [-0.15, -0.1) is 6.58 Å². The highest BCUT2D eigenvalue weighted by atomic mass is 19.1. The molecule has 2 aromatic rings. The zero-order valence-corrected chi connectivity index (χ0v) is 17.2. The number of hydrogen-bond donors (Lipinski definition) is 2. The van der Waals surface area contributed by atoms with Gasteiger partial charge in [-0.05, 0) is 31.0 Å². The van der Waals surface area contributed by atoms with E-state index >= 15 is 0 Å². The van der Waals surface area contributed by atoms with Crippen LogP contribution < -0.4 is 10.6 Å². The maximum atomic E-state index is 14.7. The number of carbonyl (C=O) groups is 3. The molecule has 1 aromatic heterocycles. The van der Waals surface area contributed by atoms with Gasteiger partial charge >= 0.3 is 0 Å². The molecule has 164 valence electrons. The Balaban J connectivity index is 1.82. The van der Waals surface area contributed by atoms with Crippen LogP contribution in [-0.2, 0) is 9.59 Å². The molecule has 1 heterocycles. The molecule has 7 nitrogen and oxygen atoms in total. The van der Waals surface area contributed by atoms with Gasteiger partial charge in [-0.2, -0.15) is 0 Å². The average molecular weight is 427 g/mol. The zero-order chi connectivity index (χ0) is 22.2. The summed E-state index contributed by atoms with van der Waals surface area (Å²) in [6, 6.07) is 7.71. The van der Waals surface area contributed by atoms with Crippen molar-refractivity contribution in [1.82, 2.24) is 15.5 Å². The van der Waals surface area contributed by atoms with Gasteiger partial charge < -0.3 is 20.0 Å². The van der Waals surface area contributed by atoms with E-state index in [2.05, 4.69) is 17.2 Å². The van der Waals surface area contributed by atoms with Gasteiger partial charge in [0.2, 0.25) is 11.8 Å². The van der Waals surface area contributed by atoms with Crippen molar-refractivity contribution in [1.29, 1.82) is 0 Å². The molecule has 0 unspecified atom stereocenters. The van der Waals surface area contributed by atoms with Crippen LogP contribution in [0.2, 0.25) is 0 Å². The molecule has 31 heavy (non-hydrogen) atoms. The van der Waals surface area contributed by atoms with Crippen molar-refractivity contribution in [2.75, 3.05) is 13.1 Å². The number of amides is 3. The first-order chi connectivity index (χ1) is 15.0. The summed E-state index contributed by atoms with van der Waals surface area (Å²) in [5.41, 5.74) is 0.0885. The predicted molar refractivity (Wildman–Crippen MR) is 112 cm³/mol. The lowest BCUT2D eigenvalue weighted by Gasteiger charge is -2.31. The van der Waals surface area contributed by atoms with E-state index in [0.717, 1.165) is 25.7 Å². The second-order valence-electron chi connectivity index (χ2n) is 7.41. The van der Waals surface area contributed by atoms with Crippen molar-refractivity contribution in [3.8, 4) is 0 Å². The summed E-state index contributed by atoms with van der Waals surface area (Å²) in [5.74, 6) is -2.09. The van der Waals surface area contributed by atoms with Gasteiger partial charge in [0.05, 0.1) is 12.8 Å². The highest BCUT2D eigenvalue weighted by molar-refractivity contribution is 5.95. The number of halogens is 1. The van der Waals surface area contributed by atoms with Crippen molar-refractivity contribution >= 4 is 17.7 Å². The Labute approximate surface area is 180 Å². The SMILES string of the molecule is C=CCN(C(=O)CNC(=O)c1ccco1)[C@H](C(=O)NC1CCCC1)c1ccccc1F. The number of furan rings is 1. The summed E-state index contributed by atoms with van der Waals surface area (Å²) in [6.07, 6.45) is 6.55. The second kappa shape index (κ2) is 10.6. The summed E-state index contributed by atoms with van der Waals surface area (Å²) in [5, 5.41) is 5.42. The van der Waals surface area contributed by atoms with Crippen LogP contribution >= 0.6 is 0 Å². The van der Waals surface area contributed by atoms with E-state index in [9.17, 15) is 18.8 Å². The van der Waals surface area contributed by atoms with E-state index in [1.54, 1.807) is 12.1 Å². The summed E-state index contributed by atoms with van der Waals surface area (Å²) in [7, 11) is 0. The quantitative estimate of drug-likeness (QED) is 0.602. The molecular formula is C23H26FN3O4. The fraction of sp³-hybridized carbons (Fsp3) is 0.348. The molecule has 3 rings (SSSR count). The number of hydrogen-bond acceptors (Lipinski definition) is 4. The fourth-order valence-electron chi connectivity index (χ4n) is 3.74. The molecule has 1 saturated carbocycles. The van der Waals surface area contributed by atoms with Crippen LogP contribution in [0, 0.1) is 5.82 Å². The summed E-state index contributed by atoms with van der Waals surface area (Å²) in [4.78, 5) is 39.5. The Morgan fingerprint density at radius 1 is 1.19 bits per heavy atom. The fourth-order valence-corrected chi connectivity index (χ4v) is 3.74. The lowest BCUT2D eigenvalue weighted by atomic mass is 10.0. The van der Waals surface area contributed by atoms with E-state index in [0.29, 0.717) is 0 Å². The zero-order valence-electron chi connectivity index (χ0n) is 17.2. The van der Waals surface area contributed by atoms with Gasteiger partial charge in [-0.1, -0.05) is 37.1 Å². The Kier molecular flexibility index (Phi) is 7.59. The molecule has 0 bridgehead atoms. The first-order valence-corrected chi connectivity index (χ1v) is 10.3. The number of benzene rings is 1. The predicted octanol–water partition coefficient (Wildman–Crippen LogP) is 2.96. The second-order valence-corrected chi connectivity index (χ2v) is 7.41. The third kappa shape index (κ3) is 5.59. The van der Waals surface area contributed by atoms with Crippen molar-refractivity contribution in [3.05, 3.63) is 72.5 Å². The Hall–Kier alpha value is -3.42. The molecule has 1 fully saturated rings. The summed E-state index contributed by atoms with van der Waals surface area (Å²) < 4.78 is 19.7. The molecule has 1 aliphatic carbocycles. The van der Waals surface area contributed by atoms with Crippen LogP contribution in [0.15, 0.2) is 59.7 Å². The highest BCUT2D eigenvalue weighted by Crippen LogP contribution is 2.26. The Morgan fingerprint density at radius 2 is 1.94 bits per heavy atom. The first kappa shape index (κ1) is 22.3. The van der Waals surface area contributed by atoms with Crippen molar-refractivity contribution in [3.63, 3.8) is 0 Å². The van der Waals surface area contributed by atoms with Gasteiger partial charge in [0.15, 0.2) is 5.76 Å². The van der Waals surface area contributed by atoms with Crippen molar-refractivity contribution in [2.45, 2.75) is 37.8 Å². The maximum Gasteiger partial charge on any atom is 0.287 e. The molecule has 1 aliphatic rings. The topological polar surface area (TPSA) is 91.7 Å². The van der Waals surface area contributed by atoms with Crippen LogP contribution in [0.25, 0.3) is 0 Å². The summed E-state index contributed by atoms with van der Waals surface area (Å²) >= 11 is 0. The van der Waals surface area contributed by atoms with Crippen LogP contribution in [-0.4, -0.2) is 41.8 Å². The number of carbonyl (C=O) groups excluding carboxylic acids is 3. The molecule has 3 amide bonds. The minimum atomic E-state index is -1.19. The largest absolute Gasteiger partial charge is 0.459 e. The van der Waals surface area contributed by atoms with E-state index < -0.39 is 29.6 Å². The Morgan fingerprint density at radius 3 is 2.58 bits per heavy atom. The molecule has 0 aliphatic heterocycles. The third-order valence-corrected chi connectivity index (χ3v) is 5.25. The van der Waals surface area contributed by atoms with E-state index in [-0.39, 0.29) is 30.5 Å². The molecule has 8 heteroatoms. The molecule has 0 saturated heterocycles. The van der Waals surface area contributed by atoms with E-state index in [1.807, 2.05) is 0 Å². The van der Waals surface area contributed by atoms with Crippen molar-refractivity contribution in [2.24, 2.45) is 0 Å². The normalized spacial score (nSPS) is 14.6. The van der Waals surface area contributed by atoms with Crippen LogP contribution in [0.1, 0.15) is 47.8 Å². The smallest absolute Gasteiger partial charge is 0.287 e. The molecule has 1 atom stereocenters. The lowest BCUT2D eigenvalue weighted by Crippen LogP contribution is -2.49. The molecule has 1 aromatic carbocycles. The maximum absolute atomic E-state index is 14.7. The lowest BCUT2D eigenvalue weighted by molar-refractivity contribution is -0.139. The number of rotatable bonds is 9. The van der Waals surface area contributed by atoms with Crippen molar-refractivity contribution < 1.29 is 23.2 Å². The number of nitrogens with zero attached hydrogens (tertiary/aromatic N) is 1. The van der Waals surface area contributed by atoms with Gasteiger partial charge in [-0.25, -0.2) is 4.39 Å².